The van der Waals surface area contributed by atoms with E-state index in [1.165, 1.54) is 11.3 Å². The number of hydrogen-bond donors (Lipinski definition) is 4. The van der Waals surface area contributed by atoms with Crippen molar-refractivity contribution in [3.63, 3.8) is 0 Å². The van der Waals surface area contributed by atoms with E-state index in [0.29, 0.717) is 36.0 Å². The van der Waals surface area contributed by atoms with Crippen molar-refractivity contribution in [2.45, 2.75) is 116 Å². The van der Waals surface area contributed by atoms with Crippen LogP contribution >= 0.6 is 11.3 Å². The van der Waals surface area contributed by atoms with Crippen LogP contribution in [-0.4, -0.2) is 44.5 Å². The van der Waals surface area contributed by atoms with Gasteiger partial charge in [-0.05, 0) is 117 Å². The lowest BCUT2D eigenvalue weighted by atomic mass is 9.43. The Morgan fingerprint density at radius 2 is 1.92 bits per heavy atom. The summed E-state index contributed by atoms with van der Waals surface area (Å²) >= 11 is 1.63. The fourth-order valence-electron chi connectivity index (χ4n) is 10.1. The number of aliphatic hydroxyl groups is 3. The molecule has 1 aromatic heterocycles. The lowest BCUT2D eigenvalue weighted by molar-refractivity contribution is -0.207. The van der Waals surface area contributed by atoms with E-state index >= 15 is 0 Å². The number of rotatable bonds is 5. The van der Waals surface area contributed by atoms with E-state index in [0.717, 1.165) is 75.0 Å². The summed E-state index contributed by atoms with van der Waals surface area (Å²) in [5.74, 6) is 1.96. The van der Waals surface area contributed by atoms with Gasteiger partial charge in [-0.3, -0.25) is 4.79 Å². The SMILES string of the molecule is C[C@H](CCC(=O)Nc1nc2c(s1)CCC2)[C@H]1CC[C@H]2[C@@H]3[C@H](O)C[C@@H]4C[C@H](O)CC[C@]4(C)[C@H]3C[C@H](O)[C@]12C. The standard InChI is InChI=1S/C30H46N2O4S/c1-16(7-10-26(36)32-28-31-22-5-4-6-24(22)37-28)19-8-9-20-27-21(15-25(35)30(19,20)3)29(2)12-11-18(33)13-17(29)14-23(27)34/h16-21,23,25,27,33-35H,4-15H2,1-3H3,(H,31,32,36)/t16-,17+,18-,19-,20+,21+,23-,25+,27+,29+,30-/m1/s1. The van der Waals surface area contributed by atoms with Gasteiger partial charge >= 0.3 is 0 Å². The quantitative estimate of drug-likeness (QED) is 0.432. The van der Waals surface area contributed by atoms with Crippen molar-refractivity contribution in [2.24, 2.45) is 46.3 Å². The zero-order chi connectivity index (χ0) is 26.1. The van der Waals surface area contributed by atoms with E-state index in [2.05, 4.69) is 31.1 Å². The topological polar surface area (TPSA) is 103 Å². The number of thiazole rings is 1. The van der Waals surface area contributed by atoms with Gasteiger partial charge in [0.2, 0.25) is 5.91 Å². The van der Waals surface area contributed by atoms with E-state index in [-0.39, 0.29) is 41.0 Å². The zero-order valence-corrected chi connectivity index (χ0v) is 23.6. The molecule has 1 aromatic rings. The molecule has 0 spiro atoms. The molecule has 1 heterocycles. The van der Waals surface area contributed by atoms with Gasteiger partial charge in [-0.2, -0.15) is 0 Å². The smallest absolute Gasteiger partial charge is 0.226 e. The normalized spacial score (nSPS) is 45.5. The van der Waals surface area contributed by atoms with E-state index in [4.69, 9.17) is 0 Å². The number of amides is 1. The number of nitrogens with one attached hydrogen (secondary N) is 1. The monoisotopic (exact) mass is 530 g/mol. The molecule has 0 aliphatic heterocycles. The Balaban J connectivity index is 1.13. The van der Waals surface area contributed by atoms with Crippen LogP contribution in [0, 0.1) is 46.3 Å². The van der Waals surface area contributed by atoms with Crippen molar-refractivity contribution >= 4 is 22.4 Å². The minimum Gasteiger partial charge on any atom is -0.393 e. The van der Waals surface area contributed by atoms with Crippen LogP contribution in [0.5, 0.6) is 0 Å². The Morgan fingerprint density at radius 3 is 2.70 bits per heavy atom. The number of hydrogen-bond acceptors (Lipinski definition) is 6. The Morgan fingerprint density at radius 1 is 1.11 bits per heavy atom. The maximum Gasteiger partial charge on any atom is 0.226 e. The van der Waals surface area contributed by atoms with E-state index in [1.807, 2.05) is 0 Å². The third kappa shape index (κ3) is 4.22. The highest BCUT2D eigenvalue weighted by Crippen LogP contribution is 2.68. The molecule has 0 radical (unpaired) electrons. The summed E-state index contributed by atoms with van der Waals surface area (Å²) in [6.45, 7) is 6.93. The van der Waals surface area contributed by atoms with E-state index in [1.54, 1.807) is 11.3 Å². The molecule has 0 bridgehead atoms. The molecule has 37 heavy (non-hydrogen) atoms. The number of nitrogens with zero attached hydrogens (tertiary/aromatic N) is 1. The summed E-state index contributed by atoms with van der Waals surface area (Å²) in [6.07, 6.45) is 9.92. The maximum absolute atomic E-state index is 12.8. The van der Waals surface area contributed by atoms with Gasteiger partial charge in [0.15, 0.2) is 5.13 Å². The van der Waals surface area contributed by atoms with Crippen molar-refractivity contribution in [3.8, 4) is 0 Å². The molecular formula is C30H46N2O4S. The van der Waals surface area contributed by atoms with Crippen LogP contribution in [0.2, 0.25) is 0 Å². The van der Waals surface area contributed by atoms with Gasteiger partial charge in [-0.25, -0.2) is 4.98 Å². The van der Waals surface area contributed by atoms with Gasteiger partial charge in [-0.1, -0.05) is 20.8 Å². The van der Waals surface area contributed by atoms with Gasteiger partial charge in [0, 0.05) is 11.3 Å². The number of aromatic nitrogens is 1. The van der Waals surface area contributed by atoms with Crippen molar-refractivity contribution < 1.29 is 20.1 Å². The second-order valence-electron chi connectivity index (χ2n) is 13.8. The fraction of sp³-hybridized carbons (Fsp3) is 0.867. The molecule has 7 heteroatoms. The van der Waals surface area contributed by atoms with Crippen molar-refractivity contribution in [1.29, 1.82) is 0 Å². The van der Waals surface area contributed by atoms with Gasteiger partial charge in [0.1, 0.15) is 0 Å². The molecule has 5 aliphatic rings. The minimum absolute atomic E-state index is 0.0457. The summed E-state index contributed by atoms with van der Waals surface area (Å²) in [5, 5.41) is 37.3. The second kappa shape index (κ2) is 9.57. The Labute approximate surface area is 225 Å². The highest BCUT2D eigenvalue weighted by atomic mass is 32.1. The average Bonchev–Trinajstić information content (AvgIpc) is 3.53. The molecule has 0 aromatic carbocycles. The highest BCUT2D eigenvalue weighted by molar-refractivity contribution is 7.15. The van der Waals surface area contributed by atoms with Crippen LogP contribution in [0.15, 0.2) is 0 Å². The first-order valence-electron chi connectivity index (χ1n) is 14.9. The van der Waals surface area contributed by atoms with Crippen LogP contribution in [-0.2, 0) is 17.6 Å². The summed E-state index contributed by atoms with van der Waals surface area (Å²) < 4.78 is 0. The van der Waals surface area contributed by atoms with Crippen molar-refractivity contribution in [3.05, 3.63) is 10.6 Å². The van der Waals surface area contributed by atoms with Gasteiger partial charge in [0.05, 0.1) is 24.0 Å². The third-order valence-corrected chi connectivity index (χ3v) is 13.3. The number of aliphatic hydroxyl groups excluding tert-OH is 3. The number of carbonyl (C=O) groups excluding carboxylic acids is 1. The van der Waals surface area contributed by atoms with E-state index in [9.17, 15) is 20.1 Å². The second-order valence-corrected chi connectivity index (χ2v) is 14.9. The largest absolute Gasteiger partial charge is 0.393 e. The Hall–Kier alpha value is -1.02. The summed E-state index contributed by atoms with van der Waals surface area (Å²) in [7, 11) is 0. The number of carbonyl (C=O) groups is 1. The number of fused-ring (bicyclic) bond motifs is 6. The van der Waals surface area contributed by atoms with Gasteiger partial charge < -0.3 is 20.6 Å². The lowest BCUT2D eigenvalue weighted by Gasteiger charge is -2.63. The molecule has 0 unspecified atom stereocenters. The van der Waals surface area contributed by atoms with E-state index < -0.39 is 0 Å². The summed E-state index contributed by atoms with van der Waals surface area (Å²) in [6, 6.07) is 0. The number of anilines is 1. The molecule has 4 N–H and O–H groups in total. The molecule has 206 valence electrons. The van der Waals surface area contributed by atoms with Crippen molar-refractivity contribution in [1.82, 2.24) is 4.98 Å². The van der Waals surface area contributed by atoms with Crippen LogP contribution in [0.1, 0.15) is 95.6 Å². The molecule has 6 nitrogen and oxygen atoms in total. The molecule has 0 saturated heterocycles. The predicted molar refractivity (Wildman–Crippen MR) is 145 cm³/mol. The molecule has 4 saturated carbocycles. The molecule has 1 amide bonds. The minimum atomic E-state index is -0.380. The molecule has 6 rings (SSSR count). The Bertz CT molecular complexity index is 1010. The maximum atomic E-state index is 12.8. The van der Waals surface area contributed by atoms with Crippen LogP contribution < -0.4 is 5.32 Å². The Kier molecular flexibility index (Phi) is 6.78. The molecular weight excluding hydrogens is 484 g/mol. The summed E-state index contributed by atoms with van der Waals surface area (Å²) in [5.41, 5.74) is 1.05. The summed E-state index contributed by atoms with van der Waals surface area (Å²) in [4.78, 5) is 18.7. The van der Waals surface area contributed by atoms with Crippen molar-refractivity contribution in [2.75, 3.05) is 5.32 Å². The first-order chi connectivity index (χ1) is 17.6. The molecule has 4 fully saturated rings. The highest BCUT2D eigenvalue weighted by Gasteiger charge is 2.65. The van der Waals surface area contributed by atoms with Crippen LogP contribution in [0.25, 0.3) is 0 Å². The van der Waals surface area contributed by atoms with Crippen LogP contribution in [0.3, 0.4) is 0 Å². The molecule has 11 atom stereocenters. The average molecular weight is 531 g/mol. The van der Waals surface area contributed by atoms with Gasteiger partial charge in [-0.15, -0.1) is 11.3 Å². The zero-order valence-electron chi connectivity index (χ0n) is 22.8. The fourth-order valence-corrected chi connectivity index (χ4v) is 11.2. The third-order valence-electron chi connectivity index (χ3n) is 12.2. The number of aryl methyl sites for hydroxylation is 2. The predicted octanol–water partition coefficient (Wildman–Crippen LogP) is 4.95. The first-order valence-corrected chi connectivity index (χ1v) is 15.8. The van der Waals surface area contributed by atoms with Gasteiger partial charge in [0.25, 0.3) is 0 Å². The van der Waals surface area contributed by atoms with Crippen LogP contribution in [0.4, 0.5) is 5.13 Å². The lowest BCUT2D eigenvalue weighted by Crippen LogP contribution is -2.62. The molecule has 5 aliphatic carbocycles. The first kappa shape index (κ1) is 26.2.